The lowest BCUT2D eigenvalue weighted by molar-refractivity contribution is -0.118. The number of benzene rings is 1. The Morgan fingerprint density at radius 3 is 2.64 bits per heavy atom. The molecule has 0 aliphatic carbocycles. The summed E-state index contributed by atoms with van der Waals surface area (Å²) in [6, 6.07) is 3.50. The molecule has 3 aliphatic rings. The highest BCUT2D eigenvalue weighted by atomic mass is 32.2. The van der Waals surface area contributed by atoms with Gasteiger partial charge in [0.25, 0.3) is 0 Å². The zero-order valence-corrected chi connectivity index (χ0v) is 14.4. The average Bonchev–Trinajstić information content (AvgIpc) is 3.25. The van der Waals surface area contributed by atoms with Crippen LogP contribution in [0.3, 0.4) is 0 Å². The van der Waals surface area contributed by atoms with Gasteiger partial charge in [-0.15, -0.1) is 0 Å². The Labute approximate surface area is 145 Å². The zero-order chi connectivity index (χ0) is 17.2. The number of aryl methyl sites for hydroxylation is 1. The van der Waals surface area contributed by atoms with Gasteiger partial charge in [0, 0.05) is 38.0 Å². The molecule has 0 saturated heterocycles. The Bertz CT molecular complexity index is 995. The number of carbonyl (C=O) groups excluding carboxylic acids is 1. The lowest BCUT2D eigenvalue weighted by atomic mass is 10.00. The molecule has 25 heavy (non-hydrogen) atoms. The van der Waals surface area contributed by atoms with E-state index in [9.17, 15) is 13.2 Å². The van der Waals surface area contributed by atoms with Crippen molar-refractivity contribution in [1.82, 2.24) is 9.46 Å². The number of carbonyl (C=O) groups is 1. The summed E-state index contributed by atoms with van der Waals surface area (Å²) in [4.78, 5) is 14.2. The van der Waals surface area contributed by atoms with Crippen LogP contribution < -0.4 is 4.90 Å². The Morgan fingerprint density at radius 1 is 1.00 bits per heavy atom. The minimum atomic E-state index is -3.58. The highest BCUT2D eigenvalue weighted by molar-refractivity contribution is 7.89. The number of hydrogen-bond donors (Lipinski definition) is 0. The number of rotatable bonds is 2. The molecule has 0 fully saturated rings. The van der Waals surface area contributed by atoms with E-state index in [1.807, 2.05) is 0 Å². The number of sulfonamides is 1. The van der Waals surface area contributed by atoms with Gasteiger partial charge >= 0.3 is 0 Å². The first-order valence-electron chi connectivity index (χ1n) is 8.43. The summed E-state index contributed by atoms with van der Waals surface area (Å²) in [5.74, 6) is 0.905. The van der Waals surface area contributed by atoms with Gasteiger partial charge in [-0.25, -0.2) is 8.42 Å². The molecule has 0 N–H and O–H groups in total. The SMILES string of the molecule is O=C1CCc2cc(S(=O)(=O)N3CCc4oncc4C3)cc3c2N1CC3. The second-order valence-electron chi connectivity index (χ2n) is 6.75. The quantitative estimate of drug-likeness (QED) is 0.806. The molecule has 4 heterocycles. The molecule has 0 spiro atoms. The average molecular weight is 359 g/mol. The number of anilines is 1. The first-order chi connectivity index (χ1) is 12.0. The van der Waals surface area contributed by atoms with Crippen molar-refractivity contribution in [3.8, 4) is 0 Å². The van der Waals surface area contributed by atoms with Crippen LogP contribution in [0.4, 0.5) is 5.69 Å². The van der Waals surface area contributed by atoms with E-state index in [1.165, 1.54) is 4.31 Å². The lowest BCUT2D eigenvalue weighted by Gasteiger charge is -2.28. The second-order valence-corrected chi connectivity index (χ2v) is 8.69. The number of amides is 1. The van der Waals surface area contributed by atoms with Crippen LogP contribution in [0.25, 0.3) is 0 Å². The van der Waals surface area contributed by atoms with Gasteiger partial charge in [0.2, 0.25) is 15.9 Å². The first-order valence-corrected chi connectivity index (χ1v) is 9.87. The van der Waals surface area contributed by atoms with E-state index in [0.29, 0.717) is 43.7 Å². The fraction of sp³-hybridized carbons (Fsp3) is 0.412. The molecule has 1 amide bonds. The highest BCUT2D eigenvalue weighted by Gasteiger charge is 2.35. The fourth-order valence-electron chi connectivity index (χ4n) is 4.04. The minimum absolute atomic E-state index is 0.137. The predicted molar refractivity (Wildman–Crippen MR) is 88.6 cm³/mol. The first kappa shape index (κ1) is 15.1. The minimum Gasteiger partial charge on any atom is -0.361 e. The van der Waals surface area contributed by atoms with E-state index >= 15 is 0 Å². The normalized spacial score (nSPS) is 19.8. The molecular weight excluding hydrogens is 342 g/mol. The maximum absolute atomic E-state index is 13.1. The van der Waals surface area contributed by atoms with Gasteiger partial charge in [-0.05, 0) is 36.1 Å². The van der Waals surface area contributed by atoms with Crippen LogP contribution >= 0.6 is 0 Å². The molecule has 0 atom stereocenters. The van der Waals surface area contributed by atoms with Crippen LogP contribution in [0.1, 0.15) is 28.9 Å². The molecule has 0 radical (unpaired) electrons. The van der Waals surface area contributed by atoms with Crippen LogP contribution in [0, 0.1) is 0 Å². The number of nitrogens with zero attached hydrogens (tertiary/aromatic N) is 3. The lowest BCUT2D eigenvalue weighted by Crippen LogP contribution is -2.36. The second kappa shape index (κ2) is 5.15. The molecule has 7 nitrogen and oxygen atoms in total. The topological polar surface area (TPSA) is 83.7 Å². The van der Waals surface area contributed by atoms with Crippen molar-refractivity contribution in [1.29, 1.82) is 0 Å². The third-order valence-electron chi connectivity index (χ3n) is 5.33. The molecule has 1 aromatic carbocycles. The van der Waals surface area contributed by atoms with E-state index in [4.69, 9.17) is 4.52 Å². The molecule has 5 rings (SSSR count). The van der Waals surface area contributed by atoms with Crippen molar-refractivity contribution in [2.45, 2.75) is 37.1 Å². The van der Waals surface area contributed by atoms with Gasteiger partial charge in [-0.3, -0.25) is 4.79 Å². The highest BCUT2D eigenvalue weighted by Crippen LogP contribution is 2.39. The van der Waals surface area contributed by atoms with Gasteiger partial charge in [0.05, 0.1) is 16.8 Å². The van der Waals surface area contributed by atoms with E-state index < -0.39 is 10.0 Å². The van der Waals surface area contributed by atoms with E-state index in [2.05, 4.69) is 5.16 Å². The van der Waals surface area contributed by atoms with Crippen LogP contribution in [0.2, 0.25) is 0 Å². The molecule has 1 aromatic heterocycles. The molecule has 0 saturated carbocycles. The summed E-state index contributed by atoms with van der Waals surface area (Å²) >= 11 is 0. The van der Waals surface area contributed by atoms with Crippen molar-refractivity contribution in [3.63, 3.8) is 0 Å². The molecule has 3 aliphatic heterocycles. The molecule has 8 heteroatoms. The maximum atomic E-state index is 13.1. The summed E-state index contributed by atoms with van der Waals surface area (Å²) in [6.07, 6.45) is 3.90. The van der Waals surface area contributed by atoms with Gasteiger partial charge in [0.1, 0.15) is 5.76 Å². The van der Waals surface area contributed by atoms with Crippen LogP contribution in [0.5, 0.6) is 0 Å². The van der Waals surface area contributed by atoms with E-state index in [-0.39, 0.29) is 12.5 Å². The third kappa shape index (κ3) is 2.17. The Hall–Kier alpha value is -2.19. The van der Waals surface area contributed by atoms with Crippen LogP contribution in [-0.2, 0) is 40.6 Å². The summed E-state index contributed by atoms with van der Waals surface area (Å²) in [5.41, 5.74) is 3.70. The van der Waals surface area contributed by atoms with Crippen LogP contribution in [-0.4, -0.2) is 36.9 Å². The Morgan fingerprint density at radius 2 is 1.80 bits per heavy atom. The summed E-state index contributed by atoms with van der Waals surface area (Å²) in [5, 5.41) is 3.76. The van der Waals surface area contributed by atoms with Crippen molar-refractivity contribution in [2.24, 2.45) is 0 Å². The molecular formula is C17H17N3O4S. The third-order valence-corrected chi connectivity index (χ3v) is 7.15. The Kier molecular flexibility index (Phi) is 3.11. The van der Waals surface area contributed by atoms with Crippen LogP contribution in [0.15, 0.2) is 27.7 Å². The van der Waals surface area contributed by atoms with Crippen molar-refractivity contribution in [2.75, 3.05) is 18.0 Å². The fourth-order valence-corrected chi connectivity index (χ4v) is 5.56. The zero-order valence-electron chi connectivity index (χ0n) is 13.6. The molecule has 2 aromatic rings. The molecule has 130 valence electrons. The molecule has 0 unspecified atom stereocenters. The summed E-state index contributed by atoms with van der Waals surface area (Å²) in [7, 11) is -3.58. The summed E-state index contributed by atoms with van der Waals surface area (Å²) in [6.45, 7) is 1.33. The number of aromatic nitrogens is 1. The standard InChI is InChI=1S/C17H17N3O4S/c21-16-2-1-11-7-14(8-12-3-6-20(16)17(11)12)25(22,23)19-5-4-15-13(10-19)9-18-24-15/h7-9H,1-6,10H2. The maximum Gasteiger partial charge on any atom is 0.243 e. The van der Waals surface area contributed by atoms with Gasteiger partial charge in [-0.1, -0.05) is 5.16 Å². The Balaban J connectivity index is 1.55. The number of fused-ring (bicyclic) bond motifs is 1. The monoisotopic (exact) mass is 359 g/mol. The van der Waals surface area contributed by atoms with Gasteiger partial charge in [-0.2, -0.15) is 4.31 Å². The summed E-state index contributed by atoms with van der Waals surface area (Å²) < 4.78 is 32.9. The van der Waals surface area contributed by atoms with Crippen molar-refractivity contribution in [3.05, 3.63) is 40.8 Å². The van der Waals surface area contributed by atoms with Crippen molar-refractivity contribution < 1.29 is 17.7 Å². The van der Waals surface area contributed by atoms with E-state index in [0.717, 1.165) is 28.1 Å². The molecule has 0 bridgehead atoms. The largest absolute Gasteiger partial charge is 0.361 e. The smallest absolute Gasteiger partial charge is 0.243 e. The predicted octanol–water partition coefficient (Wildman–Crippen LogP) is 1.26. The van der Waals surface area contributed by atoms with Crippen molar-refractivity contribution >= 4 is 21.6 Å². The van der Waals surface area contributed by atoms with Gasteiger partial charge < -0.3 is 9.42 Å². The number of hydrogen-bond acceptors (Lipinski definition) is 5. The van der Waals surface area contributed by atoms with Gasteiger partial charge in [0.15, 0.2) is 0 Å². The van der Waals surface area contributed by atoms with E-state index in [1.54, 1.807) is 23.2 Å².